The highest BCUT2D eigenvalue weighted by atomic mass is 35.5. The maximum Gasteiger partial charge on any atom is 0.323 e. The van der Waals surface area contributed by atoms with E-state index in [1.807, 2.05) is 56.1 Å². The van der Waals surface area contributed by atoms with Crippen LogP contribution in [0.25, 0.3) is 0 Å². The summed E-state index contributed by atoms with van der Waals surface area (Å²) in [6, 6.07) is 13.6. The van der Waals surface area contributed by atoms with Gasteiger partial charge in [0.1, 0.15) is 17.2 Å². The first-order chi connectivity index (χ1) is 17.4. The van der Waals surface area contributed by atoms with Crippen molar-refractivity contribution in [2.75, 3.05) is 11.9 Å². The SMILES string of the molecule is CCc1cncc(Cl)c1NC(=O)NC1=CC(c2cccc(Oc3cccc(O)c3)c2)=NN(CC)[C@@H]1C. The Kier molecular flexibility index (Phi) is 7.75. The zero-order valence-electron chi connectivity index (χ0n) is 20.3. The van der Waals surface area contributed by atoms with E-state index in [4.69, 9.17) is 21.4 Å². The highest BCUT2D eigenvalue weighted by molar-refractivity contribution is 6.33. The lowest BCUT2D eigenvalue weighted by Crippen LogP contribution is -2.42. The molecule has 3 N–H and O–H groups in total. The first kappa shape index (κ1) is 25.1. The van der Waals surface area contributed by atoms with Crippen molar-refractivity contribution in [2.45, 2.75) is 33.2 Å². The molecule has 8 nitrogen and oxygen atoms in total. The number of benzene rings is 2. The van der Waals surface area contributed by atoms with E-state index in [1.165, 1.54) is 6.20 Å². The molecule has 0 spiro atoms. The number of hydrazone groups is 1. The number of amides is 2. The van der Waals surface area contributed by atoms with Crippen molar-refractivity contribution in [3.05, 3.63) is 88.8 Å². The third-order valence-corrected chi connectivity index (χ3v) is 6.07. The number of carbonyl (C=O) groups is 1. The van der Waals surface area contributed by atoms with Gasteiger partial charge in [0.2, 0.25) is 0 Å². The van der Waals surface area contributed by atoms with Crippen molar-refractivity contribution in [3.8, 4) is 17.2 Å². The van der Waals surface area contributed by atoms with Crippen molar-refractivity contribution in [1.82, 2.24) is 15.3 Å². The zero-order chi connectivity index (χ0) is 25.7. The normalized spacial score (nSPS) is 15.1. The van der Waals surface area contributed by atoms with Crippen LogP contribution in [0.1, 0.15) is 31.9 Å². The van der Waals surface area contributed by atoms with Gasteiger partial charge < -0.3 is 20.5 Å². The molecule has 0 saturated heterocycles. The number of allylic oxidation sites excluding steroid dienone is 1. The molecule has 1 aliphatic rings. The molecule has 3 aromatic rings. The highest BCUT2D eigenvalue weighted by Gasteiger charge is 2.24. The van der Waals surface area contributed by atoms with E-state index in [0.717, 1.165) is 11.1 Å². The molecule has 9 heteroatoms. The van der Waals surface area contributed by atoms with Crippen molar-refractivity contribution in [3.63, 3.8) is 0 Å². The number of nitrogens with one attached hydrogen (secondary N) is 2. The minimum atomic E-state index is -0.394. The summed E-state index contributed by atoms with van der Waals surface area (Å²) in [6.45, 7) is 6.61. The van der Waals surface area contributed by atoms with Crippen molar-refractivity contribution in [2.24, 2.45) is 5.10 Å². The second-order valence-electron chi connectivity index (χ2n) is 8.23. The number of hydrogen-bond donors (Lipinski definition) is 3. The van der Waals surface area contributed by atoms with E-state index in [0.29, 0.717) is 46.6 Å². The van der Waals surface area contributed by atoms with Crippen LogP contribution in [0.15, 0.2) is 77.8 Å². The molecule has 0 fully saturated rings. The highest BCUT2D eigenvalue weighted by Crippen LogP contribution is 2.28. The average molecular weight is 506 g/mol. The smallest absolute Gasteiger partial charge is 0.323 e. The molecular weight excluding hydrogens is 478 g/mol. The number of halogens is 1. The zero-order valence-corrected chi connectivity index (χ0v) is 21.1. The van der Waals surface area contributed by atoms with Crippen molar-refractivity contribution >= 4 is 29.0 Å². The maximum absolute atomic E-state index is 12.9. The number of phenols is 1. The summed E-state index contributed by atoms with van der Waals surface area (Å²) in [5.41, 5.74) is 3.60. The Morgan fingerprint density at radius 1 is 1.11 bits per heavy atom. The molecule has 2 aromatic carbocycles. The first-order valence-corrected chi connectivity index (χ1v) is 12.1. The first-order valence-electron chi connectivity index (χ1n) is 11.7. The van der Waals surface area contributed by atoms with Crippen LogP contribution in [0.3, 0.4) is 0 Å². The molecule has 0 aliphatic carbocycles. The number of rotatable bonds is 7. The van der Waals surface area contributed by atoms with E-state index in [1.54, 1.807) is 30.5 Å². The number of pyridine rings is 1. The van der Waals surface area contributed by atoms with Crippen molar-refractivity contribution < 1.29 is 14.6 Å². The second kappa shape index (κ2) is 11.1. The third-order valence-electron chi connectivity index (χ3n) is 5.79. The van der Waals surface area contributed by atoms with Crippen LogP contribution in [-0.4, -0.2) is 39.4 Å². The Hall–Kier alpha value is -4.04. The van der Waals surface area contributed by atoms with Gasteiger partial charge in [0.15, 0.2) is 0 Å². The number of aromatic hydroxyl groups is 1. The summed E-state index contributed by atoms with van der Waals surface area (Å²) in [5.74, 6) is 1.25. The average Bonchev–Trinajstić information content (AvgIpc) is 2.86. The Balaban J connectivity index is 1.57. The van der Waals surface area contributed by atoms with Gasteiger partial charge in [-0.05, 0) is 56.2 Å². The van der Waals surface area contributed by atoms with Gasteiger partial charge in [0.25, 0.3) is 0 Å². The minimum absolute atomic E-state index is 0.129. The molecule has 0 saturated carbocycles. The fourth-order valence-corrected chi connectivity index (χ4v) is 4.09. The van der Waals surface area contributed by atoms with E-state index in [2.05, 4.69) is 15.6 Å². The fraction of sp³-hybridized carbons (Fsp3) is 0.222. The predicted molar refractivity (Wildman–Crippen MR) is 142 cm³/mol. The number of urea groups is 1. The van der Waals surface area contributed by atoms with Crippen LogP contribution in [0.4, 0.5) is 10.5 Å². The van der Waals surface area contributed by atoms with Gasteiger partial charge in [-0.1, -0.05) is 36.7 Å². The molecule has 2 amide bonds. The number of anilines is 1. The van der Waals surface area contributed by atoms with E-state index < -0.39 is 6.03 Å². The molecule has 0 radical (unpaired) electrons. The number of carbonyl (C=O) groups excluding carboxylic acids is 1. The molecule has 1 aliphatic heterocycles. The summed E-state index contributed by atoms with van der Waals surface area (Å²) in [7, 11) is 0. The van der Waals surface area contributed by atoms with Crippen LogP contribution in [0.2, 0.25) is 5.02 Å². The van der Waals surface area contributed by atoms with Gasteiger partial charge in [0, 0.05) is 36.3 Å². The van der Waals surface area contributed by atoms with Gasteiger partial charge >= 0.3 is 6.03 Å². The van der Waals surface area contributed by atoms with Gasteiger partial charge in [-0.2, -0.15) is 5.10 Å². The fourth-order valence-electron chi connectivity index (χ4n) is 3.87. The van der Waals surface area contributed by atoms with E-state index in [-0.39, 0.29) is 11.8 Å². The summed E-state index contributed by atoms with van der Waals surface area (Å²) in [4.78, 5) is 17.0. The number of ether oxygens (including phenoxy) is 1. The molecule has 36 heavy (non-hydrogen) atoms. The Morgan fingerprint density at radius 2 is 1.86 bits per heavy atom. The van der Waals surface area contributed by atoms with Gasteiger partial charge in [-0.3, -0.25) is 9.99 Å². The summed E-state index contributed by atoms with van der Waals surface area (Å²) in [5, 5.41) is 22.6. The largest absolute Gasteiger partial charge is 0.508 e. The number of nitrogens with zero attached hydrogens (tertiary/aromatic N) is 3. The summed E-state index contributed by atoms with van der Waals surface area (Å²) in [6.07, 6.45) is 5.75. The van der Waals surface area contributed by atoms with Gasteiger partial charge in [0.05, 0.1) is 22.5 Å². The second-order valence-corrected chi connectivity index (χ2v) is 8.64. The van der Waals surface area contributed by atoms with E-state index >= 15 is 0 Å². The minimum Gasteiger partial charge on any atom is -0.508 e. The van der Waals surface area contributed by atoms with Crippen LogP contribution < -0.4 is 15.4 Å². The lowest BCUT2D eigenvalue weighted by molar-refractivity contribution is 0.236. The molecule has 4 rings (SSSR count). The molecule has 1 aromatic heterocycles. The summed E-state index contributed by atoms with van der Waals surface area (Å²) < 4.78 is 5.91. The Morgan fingerprint density at radius 3 is 2.58 bits per heavy atom. The Bertz CT molecular complexity index is 1320. The molecule has 2 heterocycles. The molecule has 1 atom stereocenters. The lowest BCUT2D eigenvalue weighted by atomic mass is 10.0. The summed E-state index contributed by atoms with van der Waals surface area (Å²) >= 11 is 6.28. The number of phenolic OH excluding ortho intramolecular Hbond substituents is 1. The number of likely N-dealkylation sites (N-methyl/N-ethyl adjacent to an activating group) is 1. The standard InChI is InChI=1S/C27H28ClN5O3/c1-4-18-15-29-16-23(28)26(18)31-27(35)30-24-14-25(32-33(5-2)17(24)3)19-8-6-10-21(12-19)36-22-11-7-9-20(34)13-22/h6-17,34H,4-5H2,1-3H3,(H2,29,30,31,35)/t17-/m1/s1. The maximum atomic E-state index is 12.9. The van der Waals surface area contributed by atoms with Crippen LogP contribution in [0.5, 0.6) is 17.2 Å². The monoisotopic (exact) mass is 505 g/mol. The van der Waals surface area contributed by atoms with Crippen LogP contribution >= 0.6 is 11.6 Å². The molecule has 0 bridgehead atoms. The quantitative estimate of drug-likeness (QED) is 0.369. The predicted octanol–water partition coefficient (Wildman–Crippen LogP) is 5.93. The number of aromatic nitrogens is 1. The molecule has 0 unspecified atom stereocenters. The lowest BCUT2D eigenvalue weighted by Gasteiger charge is -2.32. The van der Waals surface area contributed by atoms with E-state index in [9.17, 15) is 9.90 Å². The van der Waals surface area contributed by atoms with Gasteiger partial charge in [-0.25, -0.2) is 4.79 Å². The van der Waals surface area contributed by atoms with Gasteiger partial charge in [-0.15, -0.1) is 0 Å². The number of hydrogen-bond acceptors (Lipinski definition) is 6. The van der Waals surface area contributed by atoms with Crippen molar-refractivity contribution in [1.29, 1.82) is 0 Å². The Labute approximate surface area is 215 Å². The molecule has 186 valence electrons. The number of aryl methyl sites for hydroxylation is 1. The van der Waals surface area contributed by atoms with Crippen LogP contribution in [-0.2, 0) is 6.42 Å². The topological polar surface area (TPSA) is 99.1 Å². The van der Waals surface area contributed by atoms with Crippen LogP contribution in [0, 0.1) is 0 Å². The third kappa shape index (κ3) is 5.78. The molecular formula is C27H28ClN5O3.